The highest BCUT2D eigenvalue weighted by Crippen LogP contribution is 2.36. The first-order chi connectivity index (χ1) is 9.10. The van der Waals surface area contributed by atoms with Crippen LogP contribution in [0.3, 0.4) is 0 Å². The third-order valence-corrected chi connectivity index (χ3v) is 4.39. The molecule has 3 nitrogen and oxygen atoms in total. The average Bonchev–Trinajstić information content (AvgIpc) is 2.85. The summed E-state index contributed by atoms with van der Waals surface area (Å²) in [6.07, 6.45) is 0. The number of halogens is 1. The van der Waals surface area contributed by atoms with Gasteiger partial charge in [-0.3, -0.25) is 0 Å². The molecule has 0 aliphatic heterocycles. The number of benzene rings is 1. The van der Waals surface area contributed by atoms with Crippen molar-refractivity contribution in [2.45, 2.75) is 6.92 Å². The van der Waals surface area contributed by atoms with Crippen LogP contribution in [0.5, 0.6) is 0 Å². The van der Waals surface area contributed by atoms with Crippen molar-refractivity contribution >= 4 is 49.9 Å². The minimum absolute atomic E-state index is 0.349. The Kier molecular flexibility index (Phi) is 2.92. The monoisotopic (exact) mass is 291 g/mol. The topological polar surface area (TPSA) is 39.2 Å². The second-order valence-electron chi connectivity index (χ2n) is 4.27. The lowest BCUT2D eigenvalue weighted by atomic mass is 10.1. The third-order valence-electron chi connectivity index (χ3n) is 2.96. The maximum atomic E-state index is 11.6. The zero-order valence-electron chi connectivity index (χ0n) is 10.4. The molecular weight excluding hydrogens is 282 g/mol. The molecule has 2 heterocycles. The van der Waals surface area contributed by atoms with Gasteiger partial charge in [-0.15, -0.1) is 11.3 Å². The van der Waals surface area contributed by atoms with Gasteiger partial charge in [-0.1, -0.05) is 23.2 Å². The number of pyridine rings is 1. The fourth-order valence-corrected chi connectivity index (χ4v) is 3.44. The van der Waals surface area contributed by atoms with Gasteiger partial charge in [0.1, 0.15) is 10.0 Å². The Morgan fingerprint density at radius 2 is 2.11 bits per heavy atom. The largest absolute Gasteiger partial charge is 0.465 e. The van der Waals surface area contributed by atoms with Crippen molar-refractivity contribution in [2.75, 3.05) is 7.11 Å². The van der Waals surface area contributed by atoms with E-state index in [2.05, 4.69) is 11.1 Å². The van der Waals surface area contributed by atoms with Gasteiger partial charge in [0.15, 0.2) is 0 Å². The standard InChI is InChI=1S/C14H10ClNO2S/c1-7-3-4-10-8(5-7)12-9(13(15)16-10)6-11(19-12)14(17)18-2/h3-6H,1-2H3. The van der Waals surface area contributed by atoms with E-state index in [1.165, 1.54) is 18.4 Å². The number of ether oxygens (including phenoxy) is 1. The predicted octanol–water partition coefficient (Wildman–Crippen LogP) is 4.20. The average molecular weight is 292 g/mol. The molecule has 19 heavy (non-hydrogen) atoms. The van der Waals surface area contributed by atoms with Crippen LogP contribution in [0, 0.1) is 6.92 Å². The van der Waals surface area contributed by atoms with Crippen LogP contribution in [0.4, 0.5) is 0 Å². The number of thiophene rings is 1. The van der Waals surface area contributed by atoms with Crippen LogP contribution in [0.2, 0.25) is 5.15 Å². The lowest BCUT2D eigenvalue weighted by Crippen LogP contribution is -1.96. The number of aryl methyl sites for hydroxylation is 1. The molecule has 0 N–H and O–H groups in total. The van der Waals surface area contributed by atoms with Crippen LogP contribution in [-0.2, 0) is 4.74 Å². The van der Waals surface area contributed by atoms with Gasteiger partial charge in [0, 0.05) is 15.5 Å². The van der Waals surface area contributed by atoms with E-state index in [9.17, 15) is 4.79 Å². The summed E-state index contributed by atoms with van der Waals surface area (Å²) in [4.78, 5) is 16.5. The summed E-state index contributed by atoms with van der Waals surface area (Å²) < 4.78 is 5.72. The molecule has 0 amide bonds. The van der Waals surface area contributed by atoms with Gasteiger partial charge < -0.3 is 4.74 Å². The van der Waals surface area contributed by atoms with Gasteiger partial charge in [0.2, 0.25) is 0 Å². The smallest absolute Gasteiger partial charge is 0.348 e. The van der Waals surface area contributed by atoms with Crippen LogP contribution in [0.15, 0.2) is 24.3 Å². The molecule has 0 atom stereocenters. The Labute approximate surface area is 118 Å². The first-order valence-corrected chi connectivity index (χ1v) is 6.87. The summed E-state index contributed by atoms with van der Waals surface area (Å²) >= 11 is 7.56. The SMILES string of the molecule is COC(=O)c1cc2c(Cl)nc3ccc(C)cc3c2s1. The Bertz CT molecular complexity index is 810. The Morgan fingerprint density at radius 3 is 2.84 bits per heavy atom. The third kappa shape index (κ3) is 1.97. The lowest BCUT2D eigenvalue weighted by Gasteiger charge is -2.01. The van der Waals surface area contributed by atoms with E-state index in [1.807, 2.05) is 19.1 Å². The van der Waals surface area contributed by atoms with E-state index in [4.69, 9.17) is 16.3 Å². The maximum absolute atomic E-state index is 11.6. The second kappa shape index (κ2) is 4.47. The summed E-state index contributed by atoms with van der Waals surface area (Å²) in [6.45, 7) is 2.02. The molecule has 3 aromatic rings. The Morgan fingerprint density at radius 1 is 1.32 bits per heavy atom. The summed E-state index contributed by atoms with van der Waals surface area (Å²) in [5.41, 5.74) is 1.98. The van der Waals surface area contributed by atoms with E-state index < -0.39 is 0 Å². The molecule has 0 spiro atoms. The molecule has 1 aromatic carbocycles. The van der Waals surface area contributed by atoms with E-state index in [-0.39, 0.29) is 5.97 Å². The minimum Gasteiger partial charge on any atom is -0.465 e. The van der Waals surface area contributed by atoms with Crippen LogP contribution >= 0.6 is 22.9 Å². The van der Waals surface area contributed by atoms with E-state index in [0.29, 0.717) is 10.0 Å². The Balaban J connectivity index is 2.42. The quantitative estimate of drug-likeness (QED) is 0.498. The number of carbonyl (C=O) groups is 1. The highest BCUT2D eigenvalue weighted by Gasteiger charge is 2.15. The maximum Gasteiger partial charge on any atom is 0.348 e. The second-order valence-corrected chi connectivity index (χ2v) is 5.68. The summed E-state index contributed by atoms with van der Waals surface area (Å²) in [6, 6.07) is 7.72. The van der Waals surface area contributed by atoms with Crippen molar-refractivity contribution in [1.29, 1.82) is 0 Å². The lowest BCUT2D eigenvalue weighted by molar-refractivity contribution is 0.0606. The number of carbonyl (C=O) groups excluding carboxylic acids is 1. The Hall–Kier alpha value is -1.65. The number of rotatable bonds is 1. The molecule has 3 rings (SSSR count). The van der Waals surface area contributed by atoms with Crippen LogP contribution in [0.25, 0.3) is 21.0 Å². The molecule has 96 valence electrons. The molecule has 0 fully saturated rings. The summed E-state index contributed by atoms with van der Waals surface area (Å²) in [7, 11) is 1.37. The number of aromatic nitrogens is 1. The van der Waals surface area contributed by atoms with Crippen molar-refractivity contribution in [3.05, 3.63) is 39.9 Å². The van der Waals surface area contributed by atoms with Crippen LogP contribution < -0.4 is 0 Å². The number of esters is 1. The van der Waals surface area contributed by atoms with Crippen molar-refractivity contribution in [3.8, 4) is 0 Å². The van der Waals surface area contributed by atoms with Crippen molar-refractivity contribution in [2.24, 2.45) is 0 Å². The highest BCUT2D eigenvalue weighted by atomic mass is 35.5. The first-order valence-electron chi connectivity index (χ1n) is 5.68. The molecule has 0 bridgehead atoms. The van der Waals surface area contributed by atoms with Crippen LogP contribution in [-0.4, -0.2) is 18.1 Å². The number of hydrogen-bond acceptors (Lipinski definition) is 4. The zero-order chi connectivity index (χ0) is 13.6. The normalized spacial score (nSPS) is 11.1. The molecule has 0 radical (unpaired) electrons. The molecule has 0 saturated heterocycles. The molecule has 0 unspecified atom stereocenters. The van der Waals surface area contributed by atoms with Crippen molar-refractivity contribution in [3.63, 3.8) is 0 Å². The molecule has 0 aliphatic carbocycles. The van der Waals surface area contributed by atoms with Gasteiger partial charge in [-0.2, -0.15) is 0 Å². The predicted molar refractivity (Wildman–Crippen MR) is 78.2 cm³/mol. The first kappa shape index (κ1) is 12.4. The fourth-order valence-electron chi connectivity index (χ4n) is 2.04. The van der Waals surface area contributed by atoms with Gasteiger partial charge in [0.05, 0.1) is 12.6 Å². The van der Waals surface area contributed by atoms with Crippen LogP contribution in [0.1, 0.15) is 15.2 Å². The molecule has 0 aliphatic rings. The zero-order valence-corrected chi connectivity index (χ0v) is 11.9. The van der Waals surface area contributed by atoms with E-state index >= 15 is 0 Å². The van der Waals surface area contributed by atoms with Crippen molar-refractivity contribution in [1.82, 2.24) is 4.98 Å². The van der Waals surface area contributed by atoms with Gasteiger partial charge in [-0.05, 0) is 25.1 Å². The summed E-state index contributed by atoms with van der Waals surface area (Å²) in [5, 5.41) is 2.22. The molecule has 5 heteroatoms. The fraction of sp³-hybridized carbons (Fsp3) is 0.143. The number of fused-ring (bicyclic) bond motifs is 3. The molecule has 0 saturated carbocycles. The highest BCUT2D eigenvalue weighted by molar-refractivity contribution is 7.21. The van der Waals surface area contributed by atoms with Gasteiger partial charge >= 0.3 is 5.97 Å². The minimum atomic E-state index is -0.349. The molecule has 2 aromatic heterocycles. The summed E-state index contributed by atoms with van der Waals surface area (Å²) in [5.74, 6) is -0.349. The number of methoxy groups -OCH3 is 1. The number of hydrogen-bond donors (Lipinski definition) is 0. The van der Waals surface area contributed by atoms with Crippen molar-refractivity contribution < 1.29 is 9.53 Å². The van der Waals surface area contributed by atoms with E-state index in [0.717, 1.165) is 26.6 Å². The number of nitrogens with zero attached hydrogens (tertiary/aromatic N) is 1. The van der Waals surface area contributed by atoms with Gasteiger partial charge in [0.25, 0.3) is 0 Å². The van der Waals surface area contributed by atoms with Gasteiger partial charge in [-0.25, -0.2) is 9.78 Å². The van der Waals surface area contributed by atoms with E-state index in [1.54, 1.807) is 6.07 Å². The molecular formula is C14H10ClNO2S.